The maximum atomic E-state index is 13.0. The number of carbonyl (C=O) groups excluding carboxylic acids is 5. The third-order valence-corrected chi connectivity index (χ3v) is 12.5. The number of ether oxygens (including phenoxy) is 2. The van der Waals surface area contributed by atoms with Gasteiger partial charge in [0.15, 0.2) is 9.84 Å². The average Bonchev–Trinajstić information content (AvgIpc) is 3.22. The summed E-state index contributed by atoms with van der Waals surface area (Å²) in [7, 11) is -3.81. The largest absolute Gasteiger partial charge is 0.508 e. The fraction of sp³-hybridized carbons (Fsp3) is 0.560. The van der Waals surface area contributed by atoms with Gasteiger partial charge in [0.1, 0.15) is 40.7 Å². The molecule has 4 aliphatic heterocycles. The molecule has 4 heterocycles. The van der Waals surface area contributed by atoms with Gasteiger partial charge in [-0.05, 0) is 45.4 Å². The molecule has 0 saturated carbocycles. The van der Waals surface area contributed by atoms with Gasteiger partial charge in [-0.3, -0.25) is 14.4 Å². The average molecular weight is 611 g/mol. The van der Waals surface area contributed by atoms with Crippen molar-refractivity contribution in [2.24, 2.45) is 5.73 Å². The number of β-lactam (4-membered cyclic amide) rings is 2. The normalized spacial score (nSPS) is 30.8. The van der Waals surface area contributed by atoms with Gasteiger partial charge in [0.25, 0.3) is 0 Å². The summed E-state index contributed by atoms with van der Waals surface area (Å²) in [4.78, 5) is 65.9. The molecule has 14 nitrogen and oxygen atoms in total. The quantitative estimate of drug-likeness (QED) is 0.196. The number of nitrogens with one attached hydrogen (secondary N) is 1. The van der Waals surface area contributed by atoms with Crippen LogP contribution in [0.2, 0.25) is 0 Å². The first-order chi connectivity index (χ1) is 19.0. The molecule has 0 bridgehead atoms. The van der Waals surface area contributed by atoms with Crippen LogP contribution in [0.1, 0.15) is 45.7 Å². The Morgan fingerprint density at radius 2 is 1.66 bits per heavy atom. The van der Waals surface area contributed by atoms with Crippen molar-refractivity contribution in [2.75, 3.05) is 6.79 Å². The summed E-state index contributed by atoms with van der Waals surface area (Å²) in [5, 5.41) is 10.4. The Morgan fingerprint density at radius 1 is 1.07 bits per heavy atom. The fourth-order valence-corrected chi connectivity index (χ4v) is 9.46. The third kappa shape index (κ3) is 4.34. The van der Waals surface area contributed by atoms with Crippen LogP contribution in [0.3, 0.4) is 0 Å². The van der Waals surface area contributed by atoms with Gasteiger partial charge in [0.05, 0.1) is 11.2 Å². The van der Waals surface area contributed by atoms with Gasteiger partial charge in [0, 0.05) is 4.75 Å². The summed E-state index contributed by atoms with van der Waals surface area (Å²) in [6.45, 7) is 5.29. The Morgan fingerprint density at radius 3 is 2.24 bits per heavy atom. The lowest BCUT2D eigenvalue weighted by molar-refractivity contribution is -0.181. The smallest absolute Gasteiger partial charge is 0.333 e. The molecule has 4 aliphatic rings. The zero-order valence-electron chi connectivity index (χ0n) is 22.6. The van der Waals surface area contributed by atoms with Gasteiger partial charge in [-0.15, -0.1) is 11.8 Å². The van der Waals surface area contributed by atoms with Crippen LogP contribution in [0.5, 0.6) is 5.75 Å². The second-order valence-electron chi connectivity index (χ2n) is 11.4. The van der Waals surface area contributed by atoms with Gasteiger partial charge in [-0.25, -0.2) is 18.0 Å². The summed E-state index contributed by atoms with van der Waals surface area (Å²) >= 11 is 1.28. The molecule has 2 unspecified atom stereocenters. The zero-order chi connectivity index (χ0) is 30.2. The first kappa shape index (κ1) is 29.1. The number of esters is 2. The molecule has 4 fully saturated rings. The Hall–Kier alpha value is -3.37. The van der Waals surface area contributed by atoms with Gasteiger partial charge >= 0.3 is 11.9 Å². The Balaban J connectivity index is 1.19. The number of nitrogens with zero attached hydrogens (tertiary/aromatic N) is 2. The predicted octanol–water partition coefficient (Wildman–Crippen LogP) is -0.883. The van der Waals surface area contributed by atoms with Crippen LogP contribution in [0.25, 0.3) is 0 Å². The molecule has 1 aromatic rings. The van der Waals surface area contributed by atoms with Crippen molar-refractivity contribution in [3.63, 3.8) is 0 Å². The molecule has 222 valence electrons. The van der Waals surface area contributed by atoms with Gasteiger partial charge < -0.3 is 35.4 Å². The lowest BCUT2D eigenvalue weighted by Gasteiger charge is -2.44. The number of fused-ring (bicyclic) bond motifs is 2. The highest BCUT2D eigenvalue weighted by molar-refractivity contribution is 8.01. The summed E-state index contributed by atoms with van der Waals surface area (Å²) in [6.07, 6.45) is -0.200. The van der Waals surface area contributed by atoms with Crippen LogP contribution < -0.4 is 11.1 Å². The van der Waals surface area contributed by atoms with E-state index in [1.54, 1.807) is 13.8 Å². The van der Waals surface area contributed by atoms with Gasteiger partial charge in [0.2, 0.25) is 24.5 Å². The first-order valence-electron chi connectivity index (χ1n) is 12.7. The molecule has 5 rings (SSSR count). The van der Waals surface area contributed by atoms with E-state index in [2.05, 4.69) is 5.32 Å². The molecule has 0 aliphatic carbocycles. The van der Waals surface area contributed by atoms with E-state index in [0.29, 0.717) is 5.56 Å². The van der Waals surface area contributed by atoms with E-state index < -0.39 is 90.7 Å². The minimum absolute atomic E-state index is 0.0126. The molecule has 4 saturated heterocycles. The molecule has 41 heavy (non-hydrogen) atoms. The van der Waals surface area contributed by atoms with Crippen LogP contribution in [-0.4, -0.2) is 98.1 Å². The number of hydrogen-bond acceptors (Lipinski definition) is 12. The minimum Gasteiger partial charge on any atom is -0.508 e. The molecular weight excluding hydrogens is 580 g/mol. The van der Waals surface area contributed by atoms with Crippen molar-refractivity contribution in [3.05, 3.63) is 29.8 Å². The highest BCUT2D eigenvalue weighted by Crippen LogP contribution is 2.51. The number of hydrogen-bond donors (Lipinski definition) is 3. The van der Waals surface area contributed by atoms with E-state index >= 15 is 0 Å². The van der Waals surface area contributed by atoms with E-state index in [1.165, 1.54) is 54.8 Å². The maximum absolute atomic E-state index is 13.0. The van der Waals surface area contributed by atoms with E-state index in [0.717, 1.165) is 4.90 Å². The highest BCUT2D eigenvalue weighted by Gasteiger charge is 2.68. The van der Waals surface area contributed by atoms with Crippen molar-refractivity contribution in [1.82, 2.24) is 15.1 Å². The van der Waals surface area contributed by atoms with Crippen LogP contribution in [0.4, 0.5) is 0 Å². The van der Waals surface area contributed by atoms with Crippen LogP contribution in [0.15, 0.2) is 24.3 Å². The minimum atomic E-state index is -3.81. The summed E-state index contributed by atoms with van der Waals surface area (Å²) < 4.78 is 33.3. The van der Waals surface area contributed by atoms with Crippen molar-refractivity contribution < 1.29 is 47.0 Å². The fourth-order valence-electron chi connectivity index (χ4n) is 5.72. The van der Waals surface area contributed by atoms with E-state index in [1.807, 2.05) is 0 Å². The lowest BCUT2D eigenvalue weighted by Crippen LogP contribution is -2.71. The third-order valence-electron chi connectivity index (χ3n) is 8.10. The molecule has 4 N–H and O–H groups in total. The number of carbonyl (C=O) groups is 5. The highest BCUT2D eigenvalue weighted by atomic mass is 32.2. The van der Waals surface area contributed by atoms with E-state index in [-0.39, 0.29) is 12.2 Å². The molecule has 0 aromatic heterocycles. The molecule has 3 amide bonds. The number of thioether (sulfide) groups is 1. The molecule has 0 radical (unpaired) electrons. The van der Waals surface area contributed by atoms with Crippen molar-refractivity contribution in [3.8, 4) is 5.75 Å². The Labute approximate surface area is 239 Å². The Kier molecular flexibility index (Phi) is 6.82. The Bertz CT molecular complexity index is 1440. The molecule has 6 atom stereocenters. The monoisotopic (exact) mass is 610 g/mol. The SMILES string of the molecule is CC1(C)S[C@@H]2C(NC(=O)C(N)c3ccc(O)cc3)C(=O)N2[C@H]1C(=O)OCOC(=O)[C@@H]1N2C(=O)C[C@H]2S(=O)(=O)C1(C)C. The summed E-state index contributed by atoms with van der Waals surface area (Å²) in [5.41, 5.74) is 6.45. The lowest BCUT2D eigenvalue weighted by atomic mass is 9.95. The van der Waals surface area contributed by atoms with E-state index in [4.69, 9.17) is 15.2 Å². The number of nitrogens with two attached hydrogens (primary N) is 1. The standard InChI is InChI=1S/C25H30N4O10S2/c1-24(2)17(22(34)38-10-39-23(35)18-25(3,4)41(36,37)14-9-13(31)28(14)18)29-20(33)16(21(29)40-24)27-19(32)15(26)11-5-7-12(30)8-6-11/h5-8,14-18,21,30H,9-10,26H2,1-4H3,(H,27,32)/t14-,15?,16?,17+,18+,21-/m1/s1. The maximum Gasteiger partial charge on any atom is 0.333 e. The molecule has 1 aromatic carbocycles. The summed E-state index contributed by atoms with van der Waals surface area (Å²) in [6, 6.07) is 1.30. The predicted molar refractivity (Wildman–Crippen MR) is 142 cm³/mol. The second kappa shape index (κ2) is 9.59. The van der Waals surface area contributed by atoms with E-state index in [9.17, 15) is 37.5 Å². The molecule has 0 spiro atoms. The summed E-state index contributed by atoms with van der Waals surface area (Å²) in [5.74, 6) is -3.47. The number of phenols is 1. The number of sulfone groups is 1. The van der Waals surface area contributed by atoms with Gasteiger partial charge in [-0.2, -0.15) is 0 Å². The van der Waals surface area contributed by atoms with Crippen LogP contribution in [-0.2, 0) is 43.3 Å². The van der Waals surface area contributed by atoms with Gasteiger partial charge in [-0.1, -0.05) is 12.1 Å². The topological polar surface area (TPSA) is 203 Å². The van der Waals surface area contributed by atoms with Crippen molar-refractivity contribution >= 4 is 51.3 Å². The molecule has 16 heteroatoms. The van der Waals surface area contributed by atoms with Crippen LogP contribution >= 0.6 is 11.8 Å². The number of aromatic hydroxyl groups is 1. The first-order valence-corrected chi connectivity index (χ1v) is 15.2. The number of benzene rings is 1. The second-order valence-corrected chi connectivity index (χ2v) is 15.8. The van der Waals surface area contributed by atoms with Crippen molar-refractivity contribution in [1.29, 1.82) is 0 Å². The van der Waals surface area contributed by atoms with Crippen molar-refractivity contribution in [2.45, 2.75) is 78.5 Å². The van der Waals surface area contributed by atoms with Crippen LogP contribution in [0, 0.1) is 0 Å². The number of rotatable bonds is 7. The molecular formula is C25H30N4O10S2. The zero-order valence-corrected chi connectivity index (χ0v) is 24.2. The number of amides is 3. The number of phenolic OH excluding ortho intramolecular Hbond substituents is 1.